The first kappa shape index (κ1) is 22.4. The van der Waals surface area contributed by atoms with E-state index in [0.717, 1.165) is 23.1 Å². The standard InChI is InChI=1S/C30H25NO4/c1-30(28(32)33,23-13-4-2-5-14-23)31(24-15-6-3-7-16-24)29(34)35-20-22-12-10-18-26-25-17-9-8-11-21(25)19-27(22)26/h2-18H,19-20H2,1H3,(H,32,33). The van der Waals surface area contributed by atoms with Gasteiger partial charge in [0.25, 0.3) is 0 Å². The van der Waals surface area contributed by atoms with E-state index < -0.39 is 17.6 Å². The second-order valence-electron chi connectivity index (χ2n) is 8.75. The fourth-order valence-electron chi connectivity index (χ4n) is 4.80. The molecule has 0 aliphatic heterocycles. The van der Waals surface area contributed by atoms with E-state index in [0.29, 0.717) is 11.3 Å². The highest BCUT2D eigenvalue weighted by atomic mass is 16.6. The van der Waals surface area contributed by atoms with Crippen LogP contribution in [-0.4, -0.2) is 17.2 Å². The molecule has 0 aromatic heterocycles. The third-order valence-electron chi connectivity index (χ3n) is 6.70. The van der Waals surface area contributed by atoms with E-state index in [-0.39, 0.29) is 6.61 Å². The molecule has 4 aromatic rings. The van der Waals surface area contributed by atoms with Crippen molar-refractivity contribution in [3.8, 4) is 11.1 Å². The van der Waals surface area contributed by atoms with Gasteiger partial charge >= 0.3 is 12.1 Å². The maximum atomic E-state index is 13.6. The predicted molar refractivity (Wildman–Crippen MR) is 135 cm³/mol. The minimum Gasteiger partial charge on any atom is -0.479 e. The lowest BCUT2D eigenvalue weighted by Crippen LogP contribution is -2.53. The number of benzene rings is 4. The predicted octanol–water partition coefficient (Wildman–Crippen LogP) is 6.40. The minimum atomic E-state index is -1.67. The number of anilines is 1. The molecule has 1 amide bonds. The number of carbonyl (C=O) groups excluding carboxylic acids is 1. The molecule has 1 atom stereocenters. The molecule has 0 fully saturated rings. The van der Waals surface area contributed by atoms with Crippen LogP contribution in [0.3, 0.4) is 0 Å². The third-order valence-corrected chi connectivity index (χ3v) is 6.70. The maximum Gasteiger partial charge on any atom is 0.415 e. The molecule has 0 spiro atoms. The Morgan fingerprint density at radius 1 is 0.829 bits per heavy atom. The van der Waals surface area contributed by atoms with E-state index in [2.05, 4.69) is 18.2 Å². The normalized spacial score (nSPS) is 13.3. The van der Waals surface area contributed by atoms with Crippen molar-refractivity contribution in [2.75, 3.05) is 4.90 Å². The summed E-state index contributed by atoms with van der Waals surface area (Å²) in [5, 5.41) is 10.3. The summed E-state index contributed by atoms with van der Waals surface area (Å²) < 4.78 is 5.81. The Bertz CT molecular complexity index is 1380. The molecule has 0 saturated heterocycles. The van der Waals surface area contributed by atoms with Crippen LogP contribution >= 0.6 is 0 Å². The number of fused-ring (bicyclic) bond motifs is 3. The zero-order valence-corrected chi connectivity index (χ0v) is 19.3. The highest BCUT2D eigenvalue weighted by Crippen LogP contribution is 2.39. The van der Waals surface area contributed by atoms with Crippen LogP contribution in [0.4, 0.5) is 10.5 Å². The number of rotatable bonds is 6. The summed E-state index contributed by atoms with van der Waals surface area (Å²) >= 11 is 0. The average Bonchev–Trinajstić information content (AvgIpc) is 3.28. The summed E-state index contributed by atoms with van der Waals surface area (Å²) in [6.45, 7) is 1.57. The van der Waals surface area contributed by atoms with Gasteiger partial charge in [0.15, 0.2) is 5.54 Å². The van der Waals surface area contributed by atoms with Crippen molar-refractivity contribution in [1.29, 1.82) is 0 Å². The molecule has 0 heterocycles. The van der Waals surface area contributed by atoms with Gasteiger partial charge in [-0.2, -0.15) is 0 Å². The number of ether oxygens (including phenoxy) is 1. The number of para-hydroxylation sites is 1. The number of aliphatic carboxylic acids is 1. The van der Waals surface area contributed by atoms with Gasteiger partial charge in [-0.1, -0.05) is 91.0 Å². The Hall–Kier alpha value is -4.38. The van der Waals surface area contributed by atoms with Gasteiger partial charge in [0.1, 0.15) is 6.61 Å². The molecular formula is C30H25NO4. The van der Waals surface area contributed by atoms with E-state index in [1.807, 2.05) is 36.4 Å². The number of nitrogens with zero attached hydrogens (tertiary/aromatic N) is 1. The van der Waals surface area contributed by atoms with Crippen molar-refractivity contribution < 1.29 is 19.4 Å². The van der Waals surface area contributed by atoms with Crippen molar-refractivity contribution in [1.82, 2.24) is 0 Å². The molecule has 174 valence electrons. The number of carboxylic acid groups (broad SMARTS) is 1. The van der Waals surface area contributed by atoms with Crippen LogP contribution < -0.4 is 4.90 Å². The van der Waals surface area contributed by atoms with Crippen LogP contribution in [0.25, 0.3) is 11.1 Å². The zero-order chi connectivity index (χ0) is 24.4. The summed E-state index contributed by atoms with van der Waals surface area (Å²) in [4.78, 5) is 27.5. The molecule has 1 aliphatic carbocycles. The smallest absolute Gasteiger partial charge is 0.415 e. The summed E-state index contributed by atoms with van der Waals surface area (Å²) in [5.41, 5.74) is 4.89. The molecule has 0 bridgehead atoms. The van der Waals surface area contributed by atoms with Gasteiger partial charge in [0.2, 0.25) is 0 Å². The lowest BCUT2D eigenvalue weighted by atomic mass is 9.89. The van der Waals surface area contributed by atoms with Gasteiger partial charge < -0.3 is 9.84 Å². The SMILES string of the molecule is CC(C(=O)O)(c1ccccc1)N(C(=O)OCc1cccc2c1Cc1ccccc1-2)c1ccccc1. The monoisotopic (exact) mass is 463 g/mol. The van der Waals surface area contributed by atoms with Crippen molar-refractivity contribution in [2.24, 2.45) is 0 Å². The molecule has 5 heteroatoms. The van der Waals surface area contributed by atoms with E-state index in [4.69, 9.17) is 4.74 Å². The van der Waals surface area contributed by atoms with Crippen molar-refractivity contribution in [3.63, 3.8) is 0 Å². The summed E-state index contributed by atoms with van der Waals surface area (Å²) in [6, 6.07) is 31.8. The zero-order valence-electron chi connectivity index (χ0n) is 19.3. The van der Waals surface area contributed by atoms with Gasteiger partial charge in [-0.15, -0.1) is 0 Å². The Morgan fingerprint density at radius 2 is 1.46 bits per heavy atom. The second-order valence-corrected chi connectivity index (χ2v) is 8.75. The first-order chi connectivity index (χ1) is 17.0. The summed E-state index contributed by atoms with van der Waals surface area (Å²) in [7, 11) is 0. The Kier molecular flexibility index (Phi) is 5.83. The molecule has 35 heavy (non-hydrogen) atoms. The first-order valence-electron chi connectivity index (χ1n) is 11.5. The van der Waals surface area contributed by atoms with Crippen LogP contribution in [0.2, 0.25) is 0 Å². The molecule has 1 unspecified atom stereocenters. The fraction of sp³-hybridized carbons (Fsp3) is 0.133. The van der Waals surface area contributed by atoms with Crippen LogP contribution in [0.5, 0.6) is 0 Å². The molecule has 1 N–H and O–H groups in total. The van der Waals surface area contributed by atoms with Crippen LogP contribution in [0.15, 0.2) is 103 Å². The number of amides is 1. The highest BCUT2D eigenvalue weighted by Gasteiger charge is 2.46. The van der Waals surface area contributed by atoms with Gasteiger partial charge in [-0.3, -0.25) is 4.90 Å². The van der Waals surface area contributed by atoms with Crippen LogP contribution in [0.1, 0.15) is 29.2 Å². The van der Waals surface area contributed by atoms with E-state index in [9.17, 15) is 14.7 Å². The molecule has 4 aromatic carbocycles. The van der Waals surface area contributed by atoms with Gasteiger partial charge in [0, 0.05) is 5.69 Å². The molecule has 0 saturated carbocycles. The maximum absolute atomic E-state index is 13.6. The number of carboxylic acids is 1. The Balaban J connectivity index is 1.48. The number of hydrogen-bond acceptors (Lipinski definition) is 3. The number of carbonyl (C=O) groups is 2. The molecule has 5 nitrogen and oxygen atoms in total. The lowest BCUT2D eigenvalue weighted by Gasteiger charge is -2.37. The Morgan fingerprint density at radius 3 is 2.17 bits per heavy atom. The van der Waals surface area contributed by atoms with Crippen molar-refractivity contribution >= 4 is 17.7 Å². The number of hydrogen-bond donors (Lipinski definition) is 1. The van der Waals surface area contributed by atoms with Gasteiger partial charge in [-0.05, 0) is 58.9 Å². The average molecular weight is 464 g/mol. The molecule has 5 rings (SSSR count). The van der Waals surface area contributed by atoms with Crippen molar-refractivity contribution in [3.05, 3.63) is 125 Å². The minimum absolute atomic E-state index is 0.0455. The summed E-state index contributed by atoms with van der Waals surface area (Å²) in [6.07, 6.45) is 0.0523. The second kappa shape index (κ2) is 9.11. The molecule has 0 radical (unpaired) electrons. The lowest BCUT2D eigenvalue weighted by molar-refractivity contribution is -0.143. The van der Waals surface area contributed by atoms with E-state index >= 15 is 0 Å². The summed E-state index contributed by atoms with van der Waals surface area (Å²) in [5.74, 6) is -1.15. The third kappa shape index (κ3) is 3.95. The topological polar surface area (TPSA) is 66.8 Å². The largest absolute Gasteiger partial charge is 0.479 e. The van der Waals surface area contributed by atoms with Crippen molar-refractivity contribution in [2.45, 2.75) is 25.5 Å². The van der Waals surface area contributed by atoms with E-state index in [1.165, 1.54) is 23.0 Å². The molecular weight excluding hydrogens is 438 g/mol. The van der Waals surface area contributed by atoms with Gasteiger partial charge in [0.05, 0.1) is 0 Å². The first-order valence-corrected chi connectivity index (χ1v) is 11.5. The van der Waals surface area contributed by atoms with Gasteiger partial charge in [-0.25, -0.2) is 9.59 Å². The fourth-order valence-corrected chi connectivity index (χ4v) is 4.80. The Labute approximate surface area is 204 Å². The van der Waals surface area contributed by atoms with Crippen LogP contribution in [-0.2, 0) is 28.1 Å². The van der Waals surface area contributed by atoms with Crippen LogP contribution in [0, 0.1) is 0 Å². The van der Waals surface area contributed by atoms with E-state index in [1.54, 1.807) is 48.5 Å². The molecule has 1 aliphatic rings. The highest BCUT2D eigenvalue weighted by molar-refractivity contribution is 5.98. The quantitative estimate of drug-likeness (QED) is 0.316.